The Morgan fingerprint density at radius 2 is 1.58 bits per heavy atom. The molecule has 0 bridgehead atoms. The van der Waals surface area contributed by atoms with E-state index in [4.69, 9.17) is 4.52 Å². The van der Waals surface area contributed by atoms with Crippen LogP contribution >= 0.6 is 0 Å². The lowest BCUT2D eigenvalue weighted by molar-refractivity contribution is 0.394. The molecule has 0 atom stereocenters. The third kappa shape index (κ3) is 2.40. The predicted octanol–water partition coefficient (Wildman–Crippen LogP) is 4.02. The minimum absolute atomic E-state index is 0.581. The summed E-state index contributed by atoms with van der Waals surface area (Å²) in [5.41, 5.74) is 4.63. The summed E-state index contributed by atoms with van der Waals surface area (Å²) in [6, 6.07) is 16.6. The standard InChI is InChI=1S/C16H14N2O/c1-11-4-3-5-15(10-11)13-6-8-14(9-7-13)16-17-12(2)19-18-16/h3-10H,1-2H3. The van der Waals surface area contributed by atoms with Gasteiger partial charge in [0.05, 0.1) is 0 Å². The van der Waals surface area contributed by atoms with Gasteiger partial charge in [0.2, 0.25) is 11.7 Å². The average Bonchev–Trinajstić information content (AvgIpc) is 2.86. The Morgan fingerprint density at radius 1 is 0.842 bits per heavy atom. The van der Waals surface area contributed by atoms with Crippen LogP contribution in [0.2, 0.25) is 0 Å². The zero-order valence-corrected chi connectivity index (χ0v) is 10.9. The molecule has 1 heterocycles. The van der Waals surface area contributed by atoms with Gasteiger partial charge in [-0.2, -0.15) is 4.98 Å². The Balaban J connectivity index is 1.95. The molecule has 3 nitrogen and oxygen atoms in total. The van der Waals surface area contributed by atoms with Gasteiger partial charge in [-0.25, -0.2) is 0 Å². The van der Waals surface area contributed by atoms with E-state index in [0.717, 1.165) is 5.56 Å². The molecular formula is C16H14N2O. The monoisotopic (exact) mass is 250 g/mol. The van der Waals surface area contributed by atoms with Gasteiger partial charge in [-0.15, -0.1) is 0 Å². The van der Waals surface area contributed by atoms with Crippen molar-refractivity contribution in [1.29, 1.82) is 0 Å². The van der Waals surface area contributed by atoms with E-state index in [1.54, 1.807) is 6.92 Å². The molecule has 19 heavy (non-hydrogen) atoms. The number of benzene rings is 2. The highest BCUT2D eigenvalue weighted by Gasteiger charge is 2.05. The van der Waals surface area contributed by atoms with Crippen LogP contribution < -0.4 is 0 Å². The zero-order chi connectivity index (χ0) is 13.2. The third-order valence-electron chi connectivity index (χ3n) is 3.02. The van der Waals surface area contributed by atoms with E-state index < -0.39 is 0 Å². The highest BCUT2D eigenvalue weighted by molar-refractivity contribution is 5.68. The van der Waals surface area contributed by atoms with Gasteiger partial charge in [-0.3, -0.25) is 0 Å². The van der Waals surface area contributed by atoms with Crippen molar-refractivity contribution in [3.63, 3.8) is 0 Å². The van der Waals surface area contributed by atoms with Gasteiger partial charge in [0.15, 0.2) is 0 Å². The molecule has 3 rings (SSSR count). The zero-order valence-electron chi connectivity index (χ0n) is 10.9. The van der Waals surface area contributed by atoms with Crippen LogP contribution in [0.15, 0.2) is 53.1 Å². The minimum Gasteiger partial charge on any atom is -0.339 e. The number of aryl methyl sites for hydroxylation is 2. The maximum Gasteiger partial charge on any atom is 0.223 e. The van der Waals surface area contributed by atoms with Crippen molar-refractivity contribution in [1.82, 2.24) is 10.1 Å². The third-order valence-corrected chi connectivity index (χ3v) is 3.02. The normalized spacial score (nSPS) is 10.6. The number of hydrogen-bond acceptors (Lipinski definition) is 3. The smallest absolute Gasteiger partial charge is 0.223 e. The second kappa shape index (κ2) is 4.69. The molecule has 0 N–H and O–H groups in total. The van der Waals surface area contributed by atoms with E-state index in [1.165, 1.54) is 16.7 Å². The molecule has 0 spiro atoms. The van der Waals surface area contributed by atoms with Crippen LogP contribution in [0.25, 0.3) is 22.5 Å². The molecule has 0 saturated heterocycles. The fraction of sp³-hybridized carbons (Fsp3) is 0.125. The van der Waals surface area contributed by atoms with Crippen LogP contribution in [0, 0.1) is 13.8 Å². The lowest BCUT2D eigenvalue weighted by Crippen LogP contribution is -1.83. The molecule has 3 heteroatoms. The predicted molar refractivity (Wildman–Crippen MR) is 74.6 cm³/mol. The lowest BCUT2D eigenvalue weighted by atomic mass is 10.0. The van der Waals surface area contributed by atoms with Crippen molar-refractivity contribution in [2.75, 3.05) is 0 Å². The summed E-state index contributed by atoms with van der Waals surface area (Å²) in [4.78, 5) is 4.22. The number of rotatable bonds is 2. The van der Waals surface area contributed by atoms with E-state index in [-0.39, 0.29) is 0 Å². The first kappa shape index (κ1) is 11.7. The van der Waals surface area contributed by atoms with Crippen LogP contribution in [-0.2, 0) is 0 Å². The summed E-state index contributed by atoms with van der Waals surface area (Å²) in [6.45, 7) is 3.89. The largest absolute Gasteiger partial charge is 0.339 e. The van der Waals surface area contributed by atoms with Crippen LogP contribution in [0.4, 0.5) is 0 Å². The maximum absolute atomic E-state index is 4.99. The first-order valence-corrected chi connectivity index (χ1v) is 6.20. The first-order valence-electron chi connectivity index (χ1n) is 6.20. The highest BCUT2D eigenvalue weighted by Crippen LogP contribution is 2.23. The SMILES string of the molecule is Cc1cccc(-c2ccc(-c3noc(C)n3)cc2)c1. The quantitative estimate of drug-likeness (QED) is 0.689. The number of aromatic nitrogens is 2. The van der Waals surface area contributed by atoms with Crippen LogP contribution in [0.1, 0.15) is 11.5 Å². The number of nitrogens with zero attached hydrogens (tertiary/aromatic N) is 2. The summed E-state index contributed by atoms with van der Waals surface area (Å²) in [6.07, 6.45) is 0. The van der Waals surface area contributed by atoms with Crippen molar-refractivity contribution in [2.24, 2.45) is 0 Å². The molecule has 0 fully saturated rings. The highest BCUT2D eigenvalue weighted by atomic mass is 16.5. The van der Waals surface area contributed by atoms with Crippen LogP contribution in [0.5, 0.6) is 0 Å². The summed E-state index contributed by atoms with van der Waals surface area (Å²) < 4.78 is 4.99. The van der Waals surface area contributed by atoms with E-state index in [1.807, 2.05) is 12.1 Å². The Labute approximate surface area is 111 Å². The topological polar surface area (TPSA) is 38.9 Å². The summed E-state index contributed by atoms with van der Waals surface area (Å²) >= 11 is 0. The first-order chi connectivity index (χ1) is 9.22. The van der Waals surface area contributed by atoms with Crippen molar-refractivity contribution >= 4 is 0 Å². The Kier molecular flexibility index (Phi) is 2.88. The Hall–Kier alpha value is -2.42. The molecule has 0 aliphatic carbocycles. The Bertz CT molecular complexity index is 699. The van der Waals surface area contributed by atoms with Crippen molar-refractivity contribution in [3.8, 4) is 22.5 Å². The minimum atomic E-state index is 0.581. The van der Waals surface area contributed by atoms with E-state index in [9.17, 15) is 0 Å². The molecule has 2 aromatic carbocycles. The van der Waals surface area contributed by atoms with E-state index in [2.05, 4.69) is 53.5 Å². The van der Waals surface area contributed by atoms with Crippen molar-refractivity contribution in [3.05, 3.63) is 60.0 Å². The second-order valence-electron chi connectivity index (χ2n) is 4.58. The van der Waals surface area contributed by atoms with Crippen LogP contribution in [0.3, 0.4) is 0 Å². The Morgan fingerprint density at radius 3 is 2.21 bits per heavy atom. The summed E-state index contributed by atoms with van der Waals surface area (Å²) in [5.74, 6) is 1.21. The van der Waals surface area contributed by atoms with Gasteiger partial charge in [0.1, 0.15) is 0 Å². The number of hydrogen-bond donors (Lipinski definition) is 0. The van der Waals surface area contributed by atoms with Gasteiger partial charge in [0.25, 0.3) is 0 Å². The molecule has 0 saturated carbocycles. The van der Waals surface area contributed by atoms with Crippen molar-refractivity contribution < 1.29 is 4.52 Å². The average molecular weight is 250 g/mol. The molecule has 0 amide bonds. The van der Waals surface area contributed by atoms with Gasteiger partial charge in [-0.05, 0) is 18.1 Å². The van der Waals surface area contributed by atoms with E-state index >= 15 is 0 Å². The van der Waals surface area contributed by atoms with E-state index in [0.29, 0.717) is 11.7 Å². The molecule has 0 aliphatic heterocycles. The molecule has 94 valence electrons. The molecule has 0 unspecified atom stereocenters. The molecule has 0 aliphatic rings. The summed E-state index contributed by atoms with van der Waals surface area (Å²) in [5, 5.41) is 3.92. The maximum atomic E-state index is 4.99. The lowest BCUT2D eigenvalue weighted by Gasteiger charge is -2.03. The van der Waals surface area contributed by atoms with Gasteiger partial charge < -0.3 is 4.52 Å². The molecule has 1 aromatic heterocycles. The van der Waals surface area contributed by atoms with Gasteiger partial charge in [-0.1, -0.05) is 59.3 Å². The van der Waals surface area contributed by atoms with Gasteiger partial charge >= 0.3 is 0 Å². The molecule has 0 radical (unpaired) electrons. The van der Waals surface area contributed by atoms with Gasteiger partial charge in [0, 0.05) is 12.5 Å². The summed E-state index contributed by atoms with van der Waals surface area (Å²) in [7, 11) is 0. The molecular weight excluding hydrogens is 236 g/mol. The second-order valence-corrected chi connectivity index (χ2v) is 4.58. The van der Waals surface area contributed by atoms with Crippen LogP contribution in [-0.4, -0.2) is 10.1 Å². The molecule has 3 aromatic rings. The fourth-order valence-electron chi connectivity index (χ4n) is 2.05. The van der Waals surface area contributed by atoms with Crippen molar-refractivity contribution in [2.45, 2.75) is 13.8 Å². The fourth-order valence-corrected chi connectivity index (χ4v) is 2.05.